The number of hydrogen-bond acceptors (Lipinski definition) is 4. The summed E-state index contributed by atoms with van der Waals surface area (Å²) >= 11 is 3.19. The molecule has 3 rings (SSSR count). The smallest absolute Gasteiger partial charge is 0.241 e. The Hall–Kier alpha value is -2.30. The molecule has 2 aromatic carbocycles. The highest BCUT2D eigenvalue weighted by Gasteiger charge is 2.30. The Balaban J connectivity index is 1.72. The average molecular weight is 419 g/mol. The molecule has 144 valence electrons. The fourth-order valence-corrected chi connectivity index (χ4v) is 4.88. The summed E-state index contributed by atoms with van der Waals surface area (Å²) in [5.74, 6) is 0.737. The van der Waals surface area contributed by atoms with Crippen LogP contribution in [0.15, 0.2) is 47.4 Å². The molecule has 0 aliphatic carbocycles. The first-order valence-corrected chi connectivity index (χ1v) is 10.3. The van der Waals surface area contributed by atoms with Crippen LogP contribution >= 0.6 is 23.1 Å². The third-order valence-electron chi connectivity index (χ3n) is 4.31. The first-order chi connectivity index (χ1) is 13.3. The maximum absolute atomic E-state index is 12.7. The van der Waals surface area contributed by atoms with Crippen LogP contribution in [0, 0.1) is 25.2 Å². The van der Waals surface area contributed by atoms with Crippen molar-refractivity contribution in [2.75, 3.05) is 0 Å². The van der Waals surface area contributed by atoms with Gasteiger partial charge >= 0.3 is 6.18 Å². The standard InChI is InChI=1S/C21H17F3N2S2/c1-13-11-18(8-5-15(13)9-10-25)27-12-19-14(2)26-20(28-19)16-3-6-17(7-4-16)21(22,23)24/h3-8,11H,9,12H2,1-2H3. The van der Waals surface area contributed by atoms with E-state index >= 15 is 0 Å². The van der Waals surface area contributed by atoms with Gasteiger partial charge in [0.15, 0.2) is 0 Å². The number of thioether (sulfide) groups is 1. The van der Waals surface area contributed by atoms with Crippen molar-refractivity contribution in [3.8, 4) is 16.6 Å². The fraction of sp³-hybridized carbons (Fsp3) is 0.238. The van der Waals surface area contributed by atoms with E-state index in [-0.39, 0.29) is 0 Å². The zero-order chi connectivity index (χ0) is 20.3. The minimum atomic E-state index is -4.33. The number of halogens is 3. The van der Waals surface area contributed by atoms with Crippen LogP contribution in [0.5, 0.6) is 0 Å². The highest BCUT2D eigenvalue weighted by molar-refractivity contribution is 7.98. The van der Waals surface area contributed by atoms with Crippen molar-refractivity contribution in [1.82, 2.24) is 4.98 Å². The van der Waals surface area contributed by atoms with Gasteiger partial charge in [-0.05, 0) is 49.2 Å². The van der Waals surface area contributed by atoms with E-state index in [1.807, 2.05) is 26.0 Å². The quantitative estimate of drug-likeness (QED) is 0.427. The Kier molecular flexibility index (Phi) is 6.11. The van der Waals surface area contributed by atoms with Crippen LogP contribution < -0.4 is 0 Å². The van der Waals surface area contributed by atoms with E-state index in [4.69, 9.17) is 5.26 Å². The minimum absolute atomic E-state index is 0.404. The van der Waals surface area contributed by atoms with Crippen molar-refractivity contribution in [1.29, 1.82) is 5.26 Å². The zero-order valence-electron chi connectivity index (χ0n) is 15.3. The SMILES string of the molecule is Cc1cc(SCc2sc(-c3ccc(C(F)(F)F)cc3)nc2C)ccc1CC#N. The van der Waals surface area contributed by atoms with Gasteiger partial charge in [0.2, 0.25) is 0 Å². The lowest BCUT2D eigenvalue weighted by Gasteiger charge is -2.06. The summed E-state index contributed by atoms with van der Waals surface area (Å²) in [6.07, 6.45) is -3.93. The van der Waals surface area contributed by atoms with E-state index < -0.39 is 11.7 Å². The first-order valence-electron chi connectivity index (χ1n) is 8.51. The van der Waals surface area contributed by atoms with Crippen LogP contribution in [0.1, 0.15) is 27.3 Å². The summed E-state index contributed by atoms with van der Waals surface area (Å²) in [4.78, 5) is 6.74. The molecule has 7 heteroatoms. The Bertz CT molecular complexity index is 1020. The minimum Gasteiger partial charge on any atom is -0.241 e. The van der Waals surface area contributed by atoms with Gasteiger partial charge in [0.25, 0.3) is 0 Å². The molecule has 0 aliphatic heterocycles. The summed E-state index contributed by atoms with van der Waals surface area (Å²) in [6, 6.07) is 13.3. The number of thiazole rings is 1. The van der Waals surface area contributed by atoms with Gasteiger partial charge in [-0.1, -0.05) is 18.2 Å². The molecule has 28 heavy (non-hydrogen) atoms. The number of nitriles is 1. The summed E-state index contributed by atoms with van der Waals surface area (Å²) in [6.45, 7) is 3.92. The number of nitrogens with zero attached hydrogens (tertiary/aromatic N) is 2. The van der Waals surface area contributed by atoms with Crippen molar-refractivity contribution >= 4 is 23.1 Å². The molecule has 1 heterocycles. The highest BCUT2D eigenvalue weighted by Crippen LogP contribution is 2.35. The van der Waals surface area contributed by atoms with Crippen molar-refractivity contribution in [3.63, 3.8) is 0 Å². The molecule has 0 fully saturated rings. The molecule has 0 bridgehead atoms. The number of rotatable bonds is 5. The molecule has 0 unspecified atom stereocenters. The molecular formula is C21H17F3N2S2. The highest BCUT2D eigenvalue weighted by atomic mass is 32.2. The summed E-state index contributed by atoms with van der Waals surface area (Å²) in [5, 5.41) is 9.56. The molecule has 0 amide bonds. The Labute approximate surface area is 170 Å². The molecule has 0 atom stereocenters. The summed E-state index contributed by atoms with van der Waals surface area (Å²) in [5.41, 5.74) is 3.05. The Morgan fingerprint density at radius 3 is 2.43 bits per heavy atom. The topological polar surface area (TPSA) is 36.7 Å². The van der Waals surface area contributed by atoms with Crippen molar-refractivity contribution in [2.24, 2.45) is 0 Å². The van der Waals surface area contributed by atoms with E-state index in [2.05, 4.69) is 17.1 Å². The molecule has 0 spiro atoms. The molecule has 0 radical (unpaired) electrons. The maximum Gasteiger partial charge on any atom is 0.416 e. The molecule has 2 nitrogen and oxygen atoms in total. The molecule has 0 saturated heterocycles. The molecule has 0 aliphatic rings. The second-order valence-corrected chi connectivity index (χ2v) is 8.45. The second-order valence-electron chi connectivity index (χ2n) is 6.31. The van der Waals surface area contributed by atoms with Gasteiger partial charge in [-0.2, -0.15) is 18.4 Å². The normalized spacial score (nSPS) is 11.4. The Morgan fingerprint density at radius 1 is 1.11 bits per heavy atom. The van der Waals surface area contributed by atoms with Crippen LogP contribution in [0.4, 0.5) is 13.2 Å². The summed E-state index contributed by atoms with van der Waals surface area (Å²) < 4.78 is 38.1. The van der Waals surface area contributed by atoms with Crippen molar-refractivity contribution < 1.29 is 13.2 Å². The molecular weight excluding hydrogens is 401 g/mol. The predicted molar refractivity (Wildman–Crippen MR) is 107 cm³/mol. The summed E-state index contributed by atoms with van der Waals surface area (Å²) in [7, 11) is 0. The van der Waals surface area contributed by atoms with E-state index in [9.17, 15) is 13.2 Å². The lowest BCUT2D eigenvalue weighted by molar-refractivity contribution is -0.137. The van der Waals surface area contributed by atoms with Crippen LogP contribution in [0.25, 0.3) is 10.6 Å². The van der Waals surface area contributed by atoms with Crippen LogP contribution in [0.2, 0.25) is 0 Å². The number of benzene rings is 2. The van der Waals surface area contributed by atoms with Gasteiger partial charge in [-0.15, -0.1) is 23.1 Å². The van der Waals surface area contributed by atoms with E-state index in [0.717, 1.165) is 49.5 Å². The number of alkyl halides is 3. The van der Waals surface area contributed by atoms with Gasteiger partial charge in [0.1, 0.15) is 5.01 Å². The molecule has 0 saturated carbocycles. The van der Waals surface area contributed by atoms with Gasteiger partial charge < -0.3 is 0 Å². The lowest BCUT2D eigenvalue weighted by atomic mass is 10.1. The number of aryl methyl sites for hydroxylation is 2. The number of aromatic nitrogens is 1. The average Bonchev–Trinajstić information content (AvgIpc) is 3.02. The first kappa shape index (κ1) is 20.4. The van der Waals surface area contributed by atoms with Gasteiger partial charge in [-0.3, -0.25) is 0 Å². The number of hydrogen-bond donors (Lipinski definition) is 0. The van der Waals surface area contributed by atoms with Crippen molar-refractivity contribution in [2.45, 2.75) is 37.1 Å². The largest absolute Gasteiger partial charge is 0.416 e. The zero-order valence-corrected chi connectivity index (χ0v) is 16.9. The maximum atomic E-state index is 12.7. The van der Waals surface area contributed by atoms with Gasteiger partial charge in [-0.25, -0.2) is 4.98 Å². The van der Waals surface area contributed by atoms with Crippen LogP contribution in [-0.2, 0) is 18.3 Å². The Morgan fingerprint density at radius 2 is 1.82 bits per heavy atom. The monoisotopic (exact) mass is 418 g/mol. The molecule has 1 aromatic heterocycles. The van der Waals surface area contributed by atoms with Crippen molar-refractivity contribution in [3.05, 3.63) is 69.7 Å². The van der Waals surface area contributed by atoms with Gasteiger partial charge in [0, 0.05) is 21.1 Å². The third kappa shape index (κ3) is 4.75. The fourth-order valence-electron chi connectivity index (χ4n) is 2.68. The van der Waals surface area contributed by atoms with Crippen LogP contribution in [-0.4, -0.2) is 4.98 Å². The van der Waals surface area contributed by atoms with E-state index in [1.165, 1.54) is 23.5 Å². The van der Waals surface area contributed by atoms with E-state index in [1.54, 1.807) is 11.8 Å². The predicted octanol–water partition coefficient (Wildman–Crippen LogP) is 6.80. The van der Waals surface area contributed by atoms with Gasteiger partial charge in [0.05, 0.1) is 23.7 Å². The third-order valence-corrected chi connectivity index (χ3v) is 6.71. The molecule has 0 N–H and O–H groups in total. The lowest BCUT2D eigenvalue weighted by Crippen LogP contribution is -2.03. The van der Waals surface area contributed by atoms with Crippen LogP contribution in [0.3, 0.4) is 0 Å². The van der Waals surface area contributed by atoms with E-state index in [0.29, 0.717) is 12.0 Å². The second kappa shape index (κ2) is 8.38. The molecule has 3 aromatic rings.